The monoisotopic (exact) mass is 265 g/mol. The van der Waals surface area contributed by atoms with Crippen molar-refractivity contribution in [2.45, 2.75) is 26.2 Å². The molecule has 0 unspecified atom stereocenters. The largest absolute Gasteiger partial charge is 0.349 e. The van der Waals surface area contributed by atoms with Crippen LogP contribution in [0.15, 0.2) is 10.9 Å². The maximum atomic E-state index is 11.7. The summed E-state index contributed by atoms with van der Waals surface area (Å²) in [6.45, 7) is 4.52. The van der Waals surface area contributed by atoms with Crippen molar-refractivity contribution in [2.24, 2.45) is 0 Å². The lowest BCUT2D eigenvalue weighted by Gasteiger charge is -2.00. The van der Waals surface area contributed by atoms with Crippen LogP contribution in [-0.4, -0.2) is 32.6 Å². The van der Waals surface area contributed by atoms with Gasteiger partial charge in [-0.1, -0.05) is 13.8 Å². The lowest BCUT2D eigenvalue weighted by atomic mass is 10.2. The second-order valence-corrected chi connectivity index (χ2v) is 4.90. The molecule has 2 heterocycles. The fraction of sp³-hybridized carbons (Fsp3) is 0.455. The van der Waals surface area contributed by atoms with Crippen LogP contribution in [0.1, 0.15) is 41.9 Å². The molecule has 0 aliphatic rings. The second kappa shape index (κ2) is 5.72. The predicted octanol–water partition coefficient (Wildman–Crippen LogP) is 1.36. The summed E-state index contributed by atoms with van der Waals surface area (Å²) >= 11 is 1.55. The summed E-state index contributed by atoms with van der Waals surface area (Å²) in [5, 5.41) is 11.4. The minimum absolute atomic E-state index is 0.192. The number of thiazole rings is 1. The van der Waals surface area contributed by atoms with Crippen LogP contribution in [-0.2, 0) is 6.42 Å². The number of amides is 1. The van der Waals surface area contributed by atoms with Crippen LogP contribution in [0.5, 0.6) is 0 Å². The van der Waals surface area contributed by atoms with Crippen LogP contribution in [0.25, 0.3) is 0 Å². The summed E-state index contributed by atoms with van der Waals surface area (Å²) in [6.07, 6.45) is 0.719. The smallest absolute Gasteiger partial charge is 0.290 e. The Kier molecular flexibility index (Phi) is 4.03. The highest BCUT2D eigenvalue weighted by atomic mass is 32.1. The number of aromatic nitrogens is 4. The lowest BCUT2D eigenvalue weighted by Crippen LogP contribution is -2.26. The van der Waals surface area contributed by atoms with Gasteiger partial charge in [-0.3, -0.25) is 9.89 Å². The zero-order valence-electron chi connectivity index (χ0n) is 10.3. The number of nitrogens with one attached hydrogen (secondary N) is 2. The SMILES string of the molecule is CC(C)c1nc(C(=O)NCCc2cscn2)n[nH]1. The molecule has 2 aromatic heterocycles. The molecule has 0 radical (unpaired) electrons. The summed E-state index contributed by atoms with van der Waals surface area (Å²) in [6, 6.07) is 0. The van der Waals surface area contributed by atoms with Crippen LogP contribution < -0.4 is 5.32 Å². The molecule has 0 saturated carbocycles. The third kappa shape index (κ3) is 3.13. The highest BCUT2D eigenvalue weighted by molar-refractivity contribution is 7.07. The number of nitrogens with zero attached hydrogens (tertiary/aromatic N) is 3. The predicted molar refractivity (Wildman–Crippen MR) is 68.6 cm³/mol. The number of hydrogen-bond acceptors (Lipinski definition) is 5. The first-order valence-corrected chi connectivity index (χ1v) is 6.68. The minimum atomic E-state index is -0.256. The van der Waals surface area contributed by atoms with Gasteiger partial charge < -0.3 is 5.32 Å². The van der Waals surface area contributed by atoms with E-state index in [9.17, 15) is 4.79 Å². The molecule has 2 N–H and O–H groups in total. The lowest BCUT2D eigenvalue weighted by molar-refractivity contribution is 0.0944. The average Bonchev–Trinajstić information content (AvgIpc) is 2.99. The number of hydrogen-bond donors (Lipinski definition) is 2. The summed E-state index contributed by atoms with van der Waals surface area (Å²) in [7, 11) is 0. The second-order valence-electron chi connectivity index (χ2n) is 4.18. The molecule has 6 nitrogen and oxygen atoms in total. The molecule has 0 spiro atoms. The Balaban J connectivity index is 1.83. The van der Waals surface area contributed by atoms with E-state index in [1.807, 2.05) is 19.2 Å². The van der Waals surface area contributed by atoms with E-state index >= 15 is 0 Å². The number of H-pyrrole nitrogens is 1. The summed E-state index contributed by atoms with van der Waals surface area (Å²) < 4.78 is 0. The number of rotatable bonds is 5. The van der Waals surface area contributed by atoms with E-state index in [0.717, 1.165) is 17.9 Å². The van der Waals surface area contributed by atoms with Crippen LogP contribution in [0.2, 0.25) is 0 Å². The van der Waals surface area contributed by atoms with Crippen molar-refractivity contribution in [3.8, 4) is 0 Å². The summed E-state index contributed by atoms with van der Waals surface area (Å²) in [4.78, 5) is 20.0. The van der Waals surface area contributed by atoms with E-state index in [-0.39, 0.29) is 17.6 Å². The van der Waals surface area contributed by atoms with Gasteiger partial charge in [0.05, 0.1) is 11.2 Å². The van der Waals surface area contributed by atoms with Gasteiger partial charge in [-0.15, -0.1) is 16.4 Å². The van der Waals surface area contributed by atoms with Crippen molar-refractivity contribution in [1.29, 1.82) is 0 Å². The van der Waals surface area contributed by atoms with Crippen molar-refractivity contribution in [3.63, 3.8) is 0 Å². The first-order valence-electron chi connectivity index (χ1n) is 5.74. The van der Waals surface area contributed by atoms with Crippen molar-refractivity contribution in [3.05, 3.63) is 28.2 Å². The Morgan fingerprint density at radius 3 is 3.00 bits per heavy atom. The van der Waals surface area contributed by atoms with Gasteiger partial charge in [0.2, 0.25) is 5.82 Å². The van der Waals surface area contributed by atoms with E-state index in [0.29, 0.717) is 6.54 Å². The van der Waals surface area contributed by atoms with Crippen LogP contribution in [0, 0.1) is 0 Å². The van der Waals surface area contributed by atoms with Gasteiger partial charge in [-0.2, -0.15) is 0 Å². The maximum absolute atomic E-state index is 11.7. The highest BCUT2D eigenvalue weighted by Gasteiger charge is 2.13. The topological polar surface area (TPSA) is 83.6 Å². The Hall–Kier alpha value is -1.76. The van der Waals surface area contributed by atoms with Gasteiger partial charge in [0.1, 0.15) is 5.82 Å². The van der Waals surface area contributed by atoms with Crippen molar-refractivity contribution in [2.75, 3.05) is 6.54 Å². The van der Waals surface area contributed by atoms with Crippen molar-refractivity contribution in [1.82, 2.24) is 25.5 Å². The third-order valence-electron chi connectivity index (χ3n) is 2.40. The van der Waals surface area contributed by atoms with Gasteiger partial charge in [-0.25, -0.2) is 9.97 Å². The first kappa shape index (κ1) is 12.7. The Bertz CT molecular complexity index is 505. The van der Waals surface area contributed by atoms with E-state index in [4.69, 9.17) is 0 Å². The summed E-state index contributed by atoms with van der Waals surface area (Å²) in [5.74, 6) is 0.888. The first-order chi connectivity index (χ1) is 8.66. The molecule has 1 amide bonds. The molecular weight excluding hydrogens is 250 g/mol. The van der Waals surface area contributed by atoms with Crippen LogP contribution in [0.4, 0.5) is 0 Å². The molecule has 0 bridgehead atoms. The van der Waals surface area contributed by atoms with E-state index in [2.05, 4.69) is 25.5 Å². The minimum Gasteiger partial charge on any atom is -0.349 e. The third-order valence-corrected chi connectivity index (χ3v) is 3.04. The molecule has 2 rings (SSSR count). The Morgan fingerprint density at radius 1 is 1.56 bits per heavy atom. The normalized spacial score (nSPS) is 10.8. The van der Waals surface area contributed by atoms with Crippen LogP contribution >= 0.6 is 11.3 Å². The van der Waals surface area contributed by atoms with Gasteiger partial charge in [0, 0.05) is 24.3 Å². The summed E-state index contributed by atoms with van der Waals surface area (Å²) in [5.41, 5.74) is 2.76. The number of carbonyl (C=O) groups excluding carboxylic acids is 1. The van der Waals surface area contributed by atoms with E-state index in [1.54, 1.807) is 16.8 Å². The van der Waals surface area contributed by atoms with Crippen molar-refractivity contribution >= 4 is 17.2 Å². The van der Waals surface area contributed by atoms with E-state index < -0.39 is 0 Å². The fourth-order valence-corrected chi connectivity index (χ4v) is 1.97. The molecule has 0 atom stereocenters. The van der Waals surface area contributed by atoms with Gasteiger partial charge >= 0.3 is 0 Å². The van der Waals surface area contributed by atoms with Crippen molar-refractivity contribution < 1.29 is 4.79 Å². The zero-order chi connectivity index (χ0) is 13.0. The van der Waals surface area contributed by atoms with Crippen LogP contribution in [0.3, 0.4) is 0 Å². The molecule has 2 aromatic rings. The van der Waals surface area contributed by atoms with E-state index in [1.165, 1.54) is 0 Å². The molecule has 0 aromatic carbocycles. The molecule has 0 aliphatic heterocycles. The standard InChI is InChI=1S/C11H15N5OS/c1-7(2)9-14-10(16-15-9)11(17)12-4-3-8-5-18-6-13-8/h5-7H,3-4H2,1-2H3,(H,12,17)(H,14,15,16). The molecule has 18 heavy (non-hydrogen) atoms. The quantitative estimate of drug-likeness (QED) is 0.855. The fourth-order valence-electron chi connectivity index (χ4n) is 1.38. The maximum Gasteiger partial charge on any atom is 0.290 e. The molecule has 7 heteroatoms. The number of aromatic amines is 1. The average molecular weight is 265 g/mol. The van der Waals surface area contributed by atoms with Gasteiger partial charge in [0.15, 0.2) is 0 Å². The highest BCUT2D eigenvalue weighted by Crippen LogP contribution is 2.07. The molecule has 0 saturated heterocycles. The zero-order valence-corrected chi connectivity index (χ0v) is 11.1. The molecule has 0 aliphatic carbocycles. The molecule has 96 valence electrons. The Labute approximate surface area is 109 Å². The molecular formula is C11H15N5OS. The number of carbonyl (C=O) groups is 1. The van der Waals surface area contributed by atoms with Gasteiger partial charge in [0.25, 0.3) is 5.91 Å². The van der Waals surface area contributed by atoms with Gasteiger partial charge in [-0.05, 0) is 0 Å². The molecule has 0 fully saturated rings. The Morgan fingerprint density at radius 2 is 2.39 bits per heavy atom.